The van der Waals surface area contributed by atoms with Gasteiger partial charge in [0.15, 0.2) is 5.78 Å². The molecule has 18 heavy (non-hydrogen) atoms. The molecular formula is C16H17NO. The van der Waals surface area contributed by atoms with Gasteiger partial charge in [-0.3, -0.25) is 4.79 Å². The van der Waals surface area contributed by atoms with Gasteiger partial charge in [-0.15, -0.1) is 0 Å². The highest BCUT2D eigenvalue weighted by Crippen LogP contribution is 2.36. The molecule has 1 aromatic rings. The highest BCUT2D eigenvalue weighted by atomic mass is 16.1. The van der Waals surface area contributed by atoms with Crippen molar-refractivity contribution in [2.45, 2.75) is 38.5 Å². The number of carbonyl (C=O) groups is 1. The largest absolute Gasteiger partial charge is 0.305 e. The van der Waals surface area contributed by atoms with Gasteiger partial charge in [0.2, 0.25) is 0 Å². The van der Waals surface area contributed by atoms with Crippen LogP contribution in [-0.2, 0) is 0 Å². The van der Waals surface area contributed by atoms with Gasteiger partial charge in [0, 0.05) is 23.3 Å². The predicted octanol–water partition coefficient (Wildman–Crippen LogP) is 4.01. The quantitative estimate of drug-likeness (QED) is 0.730. The maximum absolute atomic E-state index is 12.1. The highest BCUT2D eigenvalue weighted by molar-refractivity contribution is 6.26. The molecule has 92 valence electrons. The van der Waals surface area contributed by atoms with Gasteiger partial charge in [-0.2, -0.15) is 0 Å². The first-order valence-corrected chi connectivity index (χ1v) is 6.70. The second-order valence-electron chi connectivity index (χ2n) is 5.13. The Morgan fingerprint density at radius 3 is 2.33 bits per heavy atom. The summed E-state index contributed by atoms with van der Waals surface area (Å²) in [5.74, 6) is 0.232. The molecule has 0 bridgehead atoms. The Morgan fingerprint density at radius 2 is 1.56 bits per heavy atom. The summed E-state index contributed by atoms with van der Waals surface area (Å²) in [5.41, 5.74) is 5.01. The summed E-state index contributed by atoms with van der Waals surface area (Å²) >= 11 is 0. The summed E-state index contributed by atoms with van der Waals surface area (Å²) < 4.78 is 0. The lowest BCUT2D eigenvalue weighted by Crippen LogP contribution is -2.16. The van der Waals surface area contributed by atoms with Crippen molar-refractivity contribution < 1.29 is 4.79 Å². The monoisotopic (exact) mass is 239 g/mol. The van der Waals surface area contributed by atoms with Crippen LogP contribution in [0.3, 0.4) is 0 Å². The van der Waals surface area contributed by atoms with E-state index in [9.17, 15) is 4.79 Å². The van der Waals surface area contributed by atoms with E-state index in [1.165, 1.54) is 5.57 Å². The van der Waals surface area contributed by atoms with Crippen molar-refractivity contribution in [3.05, 3.63) is 41.0 Å². The summed E-state index contributed by atoms with van der Waals surface area (Å²) in [6, 6.07) is 7.81. The smallest absolute Gasteiger partial charge is 0.163 e. The summed E-state index contributed by atoms with van der Waals surface area (Å²) in [6.07, 6.45) is 5.59. The van der Waals surface area contributed by atoms with Gasteiger partial charge in [0.05, 0.1) is 0 Å². The van der Waals surface area contributed by atoms with E-state index in [0.29, 0.717) is 6.42 Å². The van der Waals surface area contributed by atoms with Crippen LogP contribution in [0.25, 0.3) is 5.57 Å². The van der Waals surface area contributed by atoms with Gasteiger partial charge in [-0.25, -0.2) is 0 Å². The lowest BCUT2D eigenvalue weighted by atomic mass is 9.79. The summed E-state index contributed by atoms with van der Waals surface area (Å²) in [7, 11) is 0. The zero-order valence-corrected chi connectivity index (χ0v) is 10.5. The van der Waals surface area contributed by atoms with E-state index < -0.39 is 0 Å². The minimum Gasteiger partial charge on any atom is -0.305 e. The number of rotatable bonds is 0. The first kappa shape index (κ1) is 11.4. The minimum atomic E-state index is 0.232. The van der Waals surface area contributed by atoms with Gasteiger partial charge >= 0.3 is 0 Å². The van der Waals surface area contributed by atoms with Crippen LogP contribution in [0.4, 0.5) is 0 Å². The average molecular weight is 239 g/mol. The molecule has 1 N–H and O–H groups in total. The van der Waals surface area contributed by atoms with Crippen LogP contribution < -0.4 is 0 Å². The first-order chi connectivity index (χ1) is 8.77. The van der Waals surface area contributed by atoms with Crippen LogP contribution >= 0.6 is 0 Å². The second-order valence-corrected chi connectivity index (χ2v) is 5.13. The maximum atomic E-state index is 12.1. The van der Waals surface area contributed by atoms with Crippen molar-refractivity contribution in [2.24, 2.45) is 0 Å². The fraction of sp³-hybridized carbons (Fsp3) is 0.375. The second kappa shape index (κ2) is 4.52. The zero-order valence-electron chi connectivity index (χ0n) is 10.5. The van der Waals surface area contributed by atoms with Crippen molar-refractivity contribution >= 4 is 17.1 Å². The Morgan fingerprint density at radius 1 is 0.889 bits per heavy atom. The maximum Gasteiger partial charge on any atom is 0.163 e. The molecule has 0 aromatic heterocycles. The molecule has 0 spiro atoms. The molecule has 0 unspecified atom stereocenters. The molecule has 0 saturated heterocycles. The minimum absolute atomic E-state index is 0.232. The highest BCUT2D eigenvalue weighted by Gasteiger charge is 2.24. The number of hydrogen-bond acceptors (Lipinski definition) is 2. The van der Waals surface area contributed by atoms with Crippen LogP contribution in [0.2, 0.25) is 0 Å². The standard InChI is InChI=1S/C16H17NO/c17-14-9-3-5-11-6-4-10-15(18)12-7-1-2-8-13(12)16(11)14/h1-2,7-8,17H,3-6,9-10H2. The number of nitrogens with one attached hydrogen (secondary N) is 1. The van der Waals surface area contributed by atoms with Crippen molar-refractivity contribution in [1.82, 2.24) is 0 Å². The predicted molar refractivity (Wildman–Crippen MR) is 73.1 cm³/mol. The van der Waals surface area contributed by atoms with E-state index in [0.717, 1.165) is 54.5 Å². The Balaban J connectivity index is 2.24. The third-order valence-corrected chi connectivity index (χ3v) is 3.94. The zero-order chi connectivity index (χ0) is 12.5. The first-order valence-electron chi connectivity index (χ1n) is 6.70. The summed E-state index contributed by atoms with van der Waals surface area (Å²) in [5, 5.41) is 8.21. The lowest BCUT2D eigenvalue weighted by Gasteiger charge is -2.25. The van der Waals surface area contributed by atoms with Gasteiger partial charge < -0.3 is 5.41 Å². The van der Waals surface area contributed by atoms with Crippen molar-refractivity contribution in [2.75, 3.05) is 0 Å². The number of hydrogen-bond donors (Lipinski definition) is 1. The fourth-order valence-electron chi connectivity index (χ4n) is 3.09. The molecule has 2 aliphatic rings. The van der Waals surface area contributed by atoms with Crippen molar-refractivity contribution in [1.29, 1.82) is 5.41 Å². The molecule has 2 heteroatoms. The Bertz CT molecular complexity index is 554. The molecule has 0 radical (unpaired) electrons. The molecule has 0 atom stereocenters. The lowest BCUT2D eigenvalue weighted by molar-refractivity contribution is 0.0979. The molecular weight excluding hydrogens is 222 g/mol. The van der Waals surface area contributed by atoms with Crippen LogP contribution in [0.5, 0.6) is 0 Å². The van der Waals surface area contributed by atoms with E-state index in [2.05, 4.69) is 0 Å². The van der Waals surface area contributed by atoms with Crippen LogP contribution in [0, 0.1) is 5.41 Å². The molecule has 0 amide bonds. The van der Waals surface area contributed by atoms with Gasteiger partial charge in [0.25, 0.3) is 0 Å². The molecule has 3 rings (SSSR count). The van der Waals surface area contributed by atoms with Crippen molar-refractivity contribution in [3.8, 4) is 0 Å². The Labute approximate surface area is 107 Å². The van der Waals surface area contributed by atoms with Gasteiger partial charge in [-0.05, 0) is 37.7 Å². The van der Waals surface area contributed by atoms with E-state index >= 15 is 0 Å². The third-order valence-electron chi connectivity index (χ3n) is 3.94. The number of carbonyl (C=O) groups excluding carboxylic acids is 1. The Hall–Kier alpha value is -1.70. The number of ketones is 1. The van der Waals surface area contributed by atoms with Gasteiger partial charge in [0.1, 0.15) is 0 Å². The van der Waals surface area contributed by atoms with Crippen LogP contribution in [0.15, 0.2) is 29.8 Å². The average Bonchev–Trinajstić information content (AvgIpc) is 2.37. The molecule has 0 saturated carbocycles. The molecule has 2 nitrogen and oxygen atoms in total. The number of benzene rings is 1. The summed E-state index contributed by atoms with van der Waals surface area (Å²) in [6.45, 7) is 0. The van der Waals surface area contributed by atoms with Crippen LogP contribution in [-0.4, -0.2) is 11.5 Å². The van der Waals surface area contributed by atoms with E-state index in [4.69, 9.17) is 5.41 Å². The van der Waals surface area contributed by atoms with E-state index in [1.54, 1.807) is 0 Å². The normalized spacial score (nSPS) is 20.0. The summed E-state index contributed by atoms with van der Waals surface area (Å²) in [4.78, 5) is 12.1. The molecule has 1 aromatic carbocycles. The fourth-order valence-corrected chi connectivity index (χ4v) is 3.09. The molecule has 2 aliphatic carbocycles. The Kier molecular flexibility index (Phi) is 2.86. The van der Waals surface area contributed by atoms with Crippen LogP contribution in [0.1, 0.15) is 54.4 Å². The topological polar surface area (TPSA) is 40.9 Å². The van der Waals surface area contributed by atoms with E-state index in [-0.39, 0.29) is 5.78 Å². The number of fused-ring (bicyclic) bond motifs is 2. The molecule has 0 aliphatic heterocycles. The van der Waals surface area contributed by atoms with Gasteiger partial charge in [-0.1, -0.05) is 29.8 Å². The third kappa shape index (κ3) is 1.82. The molecule has 0 heterocycles. The van der Waals surface area contributed by atoms with E-state index in [1.807, 2.05) is 24.3 Å². The van der Waals surface area contributed by atoms with Crippen molar-refractivity contribution in [3.63, 3.8) is 0 Å². The number of Topliss-reactive ketones (excluding diaryl/α,β-unsaturated/α-hetero) is 1. The number of allylic oxidation sites excluding steroid dienone is 2. The molecule has 0 fully saturated rings. The SMILES string of the molecule is N=C1CCCC2=C1c1ccccc1C(=O)CCC2.